The molecule has 0 aliphatic carbocycles. The number of rotatable bonds is 4. The molecule has 1 fully saturated rings. The quantitative estimate of drug-likeness (QED) is 0.716. The van der Waals surface area contributed by atoms with Gasteiger partial charge in [-0.1, -0.05) is 24.3 Å². The normalized spacial score (nSPS) is 17.1. The van der Waals surface area contributed by atoms with Crippen molar-refractivity contribution in [1.82, 2.24) is 18.8 Å². The zero-order chi connectivity index (χ0) is 17.3. The number of nitrogens with zero attached hydrogens (tertiary/aromatic N) is 4. The molecule has 6 nitrogen and oxygen atoms in total. The number of sulfonamides is 1. The largest absolute Gasteiger partial charge is 0.295 e. The van der Waals surface area contributed by atoms with Gasteiger partial charge in [-0.15, -0.1) is 0 Å². The minimum absolute atomic E-state index is 0.365. The summed E-state index contributed by atoms with van der Waals surface area (Å²) in [5.41, 5.74) is 2.08. The van der Waals surface area contributed by atoms with E-state index in [0.29, 0.717) is 31.1 Å². The second-order valence-corrected chi connectivity index (χ2v) is 8.14. The molecule has 0 saturated carbocycles. The number of benzene rings is 1. The standard InChI is InChI=1S/C18H20N4O2S/c23-25(24,18-7-2-1-3-8-18)21-12-10-20(11-13-21)15-16-14-17-6-4-5-9-22(17)19-16/h1-9,14H,10-13,15H2. The molecule has 1 saturated heterocycles. The average molecular weight is 356 g/mol. The van der Waals surface area contributed by atoms with Crippen molar-refractivity contribution in [2.45, 2.75) is 11.4 Å². The summed E-state index contributed by atoms with van der Waals surface area (Å²) in [6, 6.07) is 16.7. The molecule has 7 heteroatoms. The van der Waals surface area contributed by atoms with E-state index in [4.69, 9.17) is 0 Å². The predicted molar refractivity (Wildman–Crippen MR) is 95.7 cm³/mol. The van der Waals surface area contributed by atoms with Crippen molar-refractivity contribution in [2.24, 2.45) is 0 Å². The van der Waals surface area contributed by atoms with Crippen LogP contribution in [0.1, 0.15) is 5.69 Å². The molecule has 4 rings (SSSR count). The van der Waals surface area contributed by atoms with Crippen molar-refractivity contribution >= 4 is 15.5 Å². The Morgan fingerprint density at radius 2 is 1.64 bits per heavy atom. The maximum absolute atomic E-state index is 12.7. The van der Waals surface area contributed by atoms with Crippen molar-refractivity contribution in [3.8, 4) is 0 Å². The van der Waals surface area contributed by atoms with Gasteiger partial charge in [-0.05, 0) is 30.3 Å². The number of fused-ring (bicyclic) bond motifs is 1. The second-order valence-electron chi connectivity index (χ2n) is 6.20. The van der Waals surface area contributed by atoms with Gasteiger partial charge < -0.3 is 0 Å². The highest BCUT2D eigenvalue weighted by molar-refractivity contribution is 7.89. The van der Waals surface area contributed by atoms with Gasteiger partial charge in [0.15, 0.2) is 0 Å². The third-order valence-corrected chi connectivity index (χ3v) is 6.43. The summed E-state index contributed by atoms with van der Waals surface area (Å²) in [6.45, 7) is 3.16. The Morgan fingerprint density at radius 1 is 0.920 bits per heavy atom. The van der Waals surface area contributed by atoms with Gasteiger partial charge in [0.2, 0.25) is 10.0 Å². The van der Waals surface area contributed by atoms with Gasteiger partial charge in [-0.3, -0.25) is 4.90 Å². The Labute approximate surface area is 147 Å². The third kappa shape index (κ3) is 3.30. The lowest BCUT2D eigenvalue weighted by Crippen LogP contribution is -2.48. The first-order valence-electron chi connectivity index (χ1n) is 8.34. The van der Waals surface area contributed by atoms with E-state index in [-0.39, 0.29) is 0 Å². The van der Waals surface area contributed by atoms with Crippen molar-refractivity contribution in [3.05, 3.63) is 66.5 Å². The highest BCUT2D eigenvalue weighted by atomic mass is 32.2. The number of pyridine rings is 1. The lowest BCUT2D eigenvalue weighted by Gasteiger charge is -2.33. The van der Waals surface area contributed by atoms with Crippen LogP contribution in [0.4, 0.5) is 0 Å². The number of aromatic nitrogens is 2. The summed E-state index contributed by atoms with van der Waals surface area (Å²) < 4.78 is 28.8. The highest BCUT2D eigenvalue weighted by Gasteiger charge is 2.28. The van der Waals surface area contributed by atoms with Crippen molar-refractivity contribution in [3.63, 3.8) is 0 Å². The number of piperazine rings is 1. The van der Waals surface area contributed by atoms with E-state index in [0.717, 1.165) is 17.8 Å². The van der Waals surface area contributed by atoms with Crippen LogP contribution in [0, 0.1) is 0 Å². The van der Waals surface area contributed by atoms with Gasteiger partial charge in [0, 0.05) is 38.9 Å². The van der Waals surface area contributed by atoms with Crippen LogP contribution in [0.3, 0.4) is 0 Å². The van der Waals surface area contributed by atoms with E-state index in [9.17, 15) is 8.42 Å². The Morgan fingerprint density at radius 3 is 2.36 bits per heavy atom. The minimum atomic E-state index is -3.39. The molecule has 1 aromatic carbocycles. The van der Waals surface area contributed by atoms with Gasteiger partial charge >= 0.3 is 0 Å². The molecule has 3 heterocycles. The molecule has 0 N–H and O–H groups in total. The van der Waals surface area contributed by atoms with Crippen molar-refractivity contribution in [2.75, 3.05) is 26.2 Å². The number of hydrogen-bond acceptors (Lipinski definition) is 4. The molecular formula is C18H20N4O2S. The van der Waals surface area contributed by atoms with Gasteiger partial charge in [-0.25, -0.2) is 12.9 Å². The van der Waals surface area contributed by atoms with Crippen LogP contribution >= 0.6 is 0 Å². The summed E-state index contributed by atoms with van der Waals surface area (Å²) in [4.78, 5) is 2.61. The molecule has 0 amide bonds. The summed E-state index contributed by atoms with van der Waals surface area (Å²) in [5.74, 6) is 0. The summed E-state index contributed by atoms with van der Waals surface area (Å²) in [5, 5.41) is 4.57. The first-order valence-corrected chi connectivity index (χ1v) is 9.78. The first-order chi connectivity index (χ1) is 12.1. The van der Waals surface area contributed by atoms with Crippen LogP contribution in [-0.2, 0) is 16.6 Å². The molecule has 3 aromatic rings. The molecular weight excluding hydrogens is 336 g/mol. The van der Waals surface area contributed by atoms with Gasteiger partial charge in [-0.2, -0.15) is 9.40 Å². The molecule has 0 spiro atoms. The summed E-state index contributed by atoms with van der Waals surface area (Å²) in [6.07, 6.45) is 1.93. The first kappa shape index (κ1) is 16.3. The molecule has 25 heavy (non-hydrogen) atoms. The minimum Gasteiger partial charge on any atom is -0.295 e. The summed E-state index contributed by atoms with van der Waals surface area (Å²) >= 11 is 0. The predicted octanol–water partition coefficient (Wildman–Crippen LogP) is 1.84. The Bertz CT molecular complexity index is 928. The third-order valence-electron chi connectivity index (χ3n) is 4.52. The average Bonchev–Trinajstić information content (AvgIpc) is 3.05. The van der Waals surface area contributed by atoms with Gasteiger partial charge in [0.1, 0.15) is 0 Å². The Kier molecular flexibility index (Phi) is 4.29. The zero-order valence-corrected chi connectivity index (χ0v) is 14.6. The number of hydrogen-bond donors (Lipinski definition) is 0. The van der Waals surface area contributed by atoms with E-state index in [1.54, 1.807) is 28.6 Å². The van der Waals surface area contributed by atoms with E-state index >= 15 is 0 Å². The molecule has 0 radical (unpaired) electrons. The second kappa shape index (κ2) is 6.59. The molecule has 0 atom stereocenters. The smallest absolute Gasteiger partial charge is 0.243 e. The van der Waals surface area contributed by atoms with Crippen LogP contribution in [0.5, 0.6) is 0 Å². The zero-order valence-electron chi connectivity index (χ0n) is 13.8. The molecule has 0 unspecified atom stereocenters. The van der Waals surface area contributed by atoms with E-state index in [1.165, 1.54) is 0 Å². The van der Waals surface area contributed by atoms with E-state index in [2.05, 4.69) is 16.1 Å². The lowest BCUT2D eigenvalue weighted by atomic mass is 10.3. The van der Waals surface area contributed by atoms with Crippen LogP contribution in [0.2, 0.25) is 0 Å². The Hall–Kier alpha value is -2.22. The molecule has 2 aromatic heterocycles. The van der Waals surface area contributed by atoms with Crippen molar-refractivity contribution in [1.29, 1.82) is 0 Å². The van der Waals surface area contributed by atoms with Crippen LogP contribution < -0.4 is 0 Å². The SMILES string of the molecule is O=S(=O)(c1ccccc1)N1CCN(Cc2cc3ccccn3n2)CC1. The molecule has 0 bridgehead atoms. The fourth-order valence-corrected chi connectivity index (χ4v) is 4.61. The van der Waals surface area contributed by atoms with Crippen molar-refractivity contribution < 1.29 is 8.42 Å². The van der Waals surface area contributed by atoms with Crippen LogP contribution in [0.25, 0.3) is 5.52 Å². The Balaban J connectivity index is 1.41. The maximum Gasteiger partial charge on any atom is 0.243 e. The van der Waals surface area contributed by atoms with E-state index < -0.39 is 10.0 Å². The monoisotopic (exact) mass is 356 g/mol. The fraction of sp³-hybridized carbons (Fsp3) is 0.278. The molecule has 130 valence electrons. The van der Waals surface area contributed by atoms with Gasteiger partial charge in [0.25, 0.3) is 0 Å². The highest BCUT2D eigenvalue weighted by Crippen LogP contribution is 2.18. The van der Waals surface area contributed by atoms with Crippen LogP contribution in [0.15, 0.2) is 65.7 Å². The summed E-state index contributed by atoms with van der Waals surface area (Å²) in [7, 11) is -3.39. The fourth-order valence-electron chi connectivity index (χ4n) is 3.17. The van der Waals surface area contributed by atoms with Gasteiger partial charge in [0.05, 0.1) is 16.1 Å². The molecule has 1 aliphatic heterocycles. The van der Waals surface area contributed by atoms with E-state index in [1.807, 2.05) is 35.0 Å². The maximum atomic E-state index is 12.7. The van der Waals surface area contributed by atoms with Crippen LogP contribution in [-0.4, -0.2) is 53.4 Å². The lowest BCUT2D eigenvalue weighted by molar-refractivity contribution is 0.180. The topological polar surface area (TPSA) is 57.9 Å². The molecule has 1 aliphatic rings.